The summed E-state index contributed by atoms with van der Waals surface area (Å²) in [5.41, 5.74) is 1.96. The van der Waals surface area contributed by atoms with Crippen molar-refractivity contribution in [2.75, 3.05) is 7.11 Å². The molecule has 1 aromatic carbocycles. The number of alkyl halides is 1. The number of ether oxygens (including phenoxy) is 1. The van der Waals surface area contributed by atoms with Gasteiger partial charge in [0.1, 0.15) is 5.75 Å². The van der Waals surface area contributed by atoms with Crippen LogP contribution < -0.4 is 4.74 Å². The van der Waals surface area contributed by atoms with Crippen molar-refractivity contribution in [1.82, 2.24) is 0 Å². The molecule has 3 heteroatoms. The maximum Gasteiger partial charge on any atom is 0.176 e. The number of rotatable bonds is 1. The highest BCUT2D eigenvalue weighted by molar-refractivity contribution is 9.10. The highest BCUT2D eigenvalue weighted by atomic mass is 79.9. The van der Waals surface area contributed by atoms with E-state index in [2.05, 4.69) is 15.9 Å². The number of Topliss-reactive ketones (excluding diaryl/α,β-unsaturated/α-hetero) is 1. The zero-order valence-electron chi connectivity index (χ0n) is 8.63. The fourth-order valence-corrected chi connectivity index (χ4v) is 2.47. The second kappa shape index (κ2) is 4.35. The fraction of sp³-hybridized carbons (Fsp3) is 0.417. The predicted molar refractivity (Wildman–Crippen MR) is 63.0 cm³/mol. The first-order chi connectivity index (χ1) is 7.22. The van der Waals surface area contributed by atoms with Crippen LogP contribution in [-0.4, -0.2) is 17.7 Å². The summed E-state index contributed by atoms with van der Waals surface area (Å²) in [4.78, 5) is 12.0. The lowest BCUT2D eigenvalue weighted by Crippen LogP contribution is -2.12. The Morgan fingerprint density at radius 2 is 2.27 bits per heavy atom. The van der Waals surface area contributed by atoms with Gasteiger partial charge in [0.15, 0.2) is 5.78 Å². The minimum atomic E-state index is -0.0362. The topological polar surface area (TPSA) is 26.3 Å². The van der Waals surface area contributed by atoms with E-state index < -0.39 is 0 Å². The summed E-state index contributed by atoms with van der Waals surface area (Å²) in [5.74, 6) is 0.935. The van der Waals surface area contributed by atoms with Crippen molar-refractivity contribution in [3.63, 3.8) is 0 Å². The van der Waals surface area contributed by atoms with Gasteiger partial charge in [0.2, 0.25) is 0 Å². The van der Waals surface area contributed by atoms with Gasteiger partial charge in [-0.2, -0.15) is 0 Å². The van der Waals surface area contributed by atoms with Crippen LogP contribution in [0.1, 0.15) is 28.8 Å². The van der Waals surface area contributed by atoms with Crippen LogP contribution in [0.2, 0.25) is 0 Å². The molecule has 0 radical (unpaired) electrons. The Morgan fingerprint density at radius 1 is 1.47 bits per heavy atom. The quantitative estimate of drug-likeness (QED) is 0.578. The molecule has 1 aliphatic carbocycles. The second-order valence-electron chi connectivity index (χ2n) is 3.75. The minimum absolute atomic E-state index is 0.0362. The SMILES string of the molecule is COc1ccc2c(c1)C(=O)C(Br)CCC2. The molecule has 80 valence electrons. The summed E-state index contributed by atoms with van der Waals surface area (Å²) in [7, 11) is 1.62. The van der Waals surface area contributed by atoms with Crippen molar-refractivity contribution < 1.29 is 9.53 Å². The van der Waals surface area contributed by atoms with E-state index in [1.807, 2.05) is 18.2 Å². The third-order valence-corrected chi connectivity index (χ3v) is 3.64. The number of fused-ring (bicyclic) bond motifs is 1. The van der Waals surface area contributed by atoms with Crippen LogP contribution in [-0.2, 0) is 6.42 Å². The van der Waals surface area contributed by atoms with Crippen LogP contribution in [0.15, 0.2) is 18.2 Å². The van der Waals surface area contributed by atoms with Gasteiger partial charge >= 0.3 is 0 Å². The Hall–Kier alpha value is -0.830. The van der Waals surface area contributed by atoms with Gasteiger partial charge in [-0.25, -0.2) is 0 Å². The third kappa shape index (κ3) is 2.07. The number of halogens is 1. The highest BCUT2D eigenvalue weighted by Crippen LogP contribution is 2.27. The molecular weight excluding hydrogens is 256 g/mol. The lowest BCUT2D eigenvalue weighted by molar-refractivity contribution is 0.0990. The number of hydrogen-bond donors (Lipinski definition) is 0. The van der Waals surface area contributed by atoms with Crippen molar-refractivity contribution in [3.05, 3.63) is 29.3 Å². The number of hydrogen-bond acceptors (Lipinski definition) is 2. The molecule has 0 saturated carbocycles. The van der Waals surface area contributed by atoms with E-state index in [0.717, 1.165) is 36.1 Å². The van der Waals surface area contributed by atoms with Crippen LogP contribution in [0, 0.1) is 0 Å². The fourth-order valence-electron chi connectivity index (χ4n) is 1.90. The maximum absolute atomic E-state index is 12.0. The van der Waals surface area contributed by atoms with E-state index >= 15 is 0 Å². The standard InChI is InChI=1S/C12H13BrO2/c1-15-9-6-5-8-3-2-4-11(13)12(14)10(8)7-9/h5-7,11H,2-4H2,1H3. The first-order valence-corrected chi connectivity index (χ1v) is 5.99. The van der Waals surface area contributed by atoms with E-state index in [-0.39, 0.29) is 10.6 Å². The van der Waals surface area contributed by atoms with Crippen molar-refractivity contribution in [3.8, 4) is 5.75 Å². The highest BCUT2D eigenvalue weighted by Gasteiger charge is 2.23. The van der Waals surface area contributed by atoms with Crippen molar-refractivity contribution in [2.24, 2.45) is 0 Å². The Balaban J connectivity index is 2.46. The van der Waals surface area contributed by atoms with Gasteiger partial charge < -0.3 is 4.74 Å². The molecular formula is C12H13BrO2. The monoisotopic (exact) mass is 268 g/mol. The molecule has 0 spiro atoms. The lowest BCUT2D eigenvalue weighted by atomic mass is 10.0. The maximum atomic E-state index is 12.0. The molecule has 0 N–H and O–H groups in total. The second-order valence-corrected chi connectivity index (χ2v) is 4.85. The van der Waals surface area contributed by atoms with E-state index in [0.29, 0.717) is 0 Å². The van der Waals surface area contributed by atoms with E-state index in [4.69, 9.17) is 4.74 Å². The Bertz CT molecular complexity index is 387. The number of carbonyl (C=O) groups excluding carboxylic acids is 1. The number of ketones is 1. The van der Waals surface area contributed by atoms with Gasteiger partial charge in [-0.05, 0) is 37.0 Å². The molecule has 0 bridgehead atoms. The van der Waals surface area contributed by atoms with Gasteiger partial charge in [-0.3, -0.25) is 4.79 Å². The molecule has 0 saturated heterocycles. The summed E-state index contributed by atoms with van der Waals surface area (Å²) in [6, 6.07) is 5.76. The molecule has 2 rings (SSSR count). The average Bonchev–Trinajstić information content (AvgIpc) is 2.40. The summed E-state index contributed by atoms with van der Waals surface area (Å²) in [5, 5.41) is 0. The predicted octanol–water partition coefficient (Wildman–Crippen LogP) is 2.98. The van der Waals surface area contributed by atoms with Crippen LogP contribution in [0.25, 0.3) is 0 Å². The van der Waals surface area contributed by atoms with Gasteiger partial charge in [0.05, 0.1) is 11.9 Å². The summed E-state index contributed by atoms with van der Waals surface area (Å²) in [6.45, 7) is 0. The summed E-state index contributed by atoms with van der Waals surface area (Å²) in [6.07, 6.45) is 2.95. The molecule has 1 atom stereocenters. The normalized spacial score (nSPS) is 20.7. The first kappa shape index (κ1) is 10.7. The van der Waals surface area contributed by atoms with E-state index in [1.165, 1.54) is 0 Å². The van der Waals surface area contributed by atoms with Crippen molar-refractivity contribution >= 4 is 21.7 Å². The zero-order valence-corrected chi connectivity index (χ0v) is 10.2. The number of aryl methyl sites for hydroxylation is 1. The van der Waals surface area contributed by atoms with Crippen LogP contribution >= 0.6 is 15.9 Å². The van der Waals surface area contributed by atoms with Crippen LogP contribution in [0.3, 0.4) is 0 Å². The molecule has 0 amide bonds. The Morgan fingerprint density at radius 3 is 3.00 bits per heavy atom. The largest absolute Gasteiger partial charge is 0.497 e. The molecule has 0 heterocycles. The number of carbonyl (C=O) groups is 1. The molecule has 0 aromatic heterocycles. The smallest absolute Gasteiger partial charge is 0.176 e. The molecule has 0 fully saturated rings. The minimum Gasteiger partial charge on any atom is -0.497 e. The van der Waals surface area contributed by atoms with Crippen LogP contribution in [0.5, 0.6) is 5.75 Å². The summed E-state index contributed by atoms with van der Waals surface area (Å²) >= 11 is 3.43. The Labute approximate surface area is 97.8 Å². The molecule has 1 aromatic rings. The number of benzene rings is 1. The number of methoxy groups -OCH3 is 1. The van der Waals surface area contributed by atoms with E-state index in [1.54, 1.807) is 7.11 Å². The summed E-state index contributed by atoms with van der Waals surface area (Å²) < 4.78 is 5.14. The third-order valence-electron chi connectivity index (χ3n) is 2.77. The van der Waals surface area contributed by atoms with E-state index in [9.17, 15) is 4.79 Å². The lowest BCUT2D eigenvalue weighted by Gasteiger charge is -2.08. The van der Waals surface area contributed by atoms with Crippen molar-refractivity contribution in [2.45, 2.75) is 24.1 Å². The first-order valence-electron chi connectivity index (χ1n) is 5.07. The van der Waals surface area contributed by atoms with Gasteiger partial charge in [0.25, 0.3) is 0 Å². The van der Waals surface area contributed by atoms with Gasteiger partial charge in [0, 0.05) is 5.56 Å². The molecule has 2 nitrogen and oxygen atoms in total. The molecule has 1 aliphatic rings. The van der Waals surface area contributed by atoms with Gasteiger partial charge in [-0.1, -0.05) is 22.0 Å². The van der Waals surface area contributed by atoms with Crippen LogP contribution in [0.4, 0.5) is 0 Å². The molecule has 1 unspecified atom stereocenters. The molecule has 15 heavy (non-hydrogen) atoms. The van der Waals surface area contributed by atoms with Crippen molar-refractivity contribution in [1.29, 1.82) is 0 Å². The Kier molecular flexibility index (Phi) is 3.10. The molecule has 0 aliphatic heterocycles. The van der Waals surface area contributed by atoms with Gasteiger partial charge in [-0.15, -0.1) is 0 Å². The zero-order chi connectivity index (χ0) is 10.8. The average molecular weight is 269 g/mol.